The Balaban J connectivity index is 2.29. The van der Waals surface area contributed by atoms with E-state index in [0.29, 0.717) is 25.7 Å². The molecule has 0 bridgehead atoms. The summed E-state index contributed by atoms with van der Waals surface area (Å²) in [5, 5.41) is 8.64. The molecular weight excluding hydrogens is 160 g/mol. The molecule has 1 rings (SSSR count). The van der Waals surface area contributed by atoms with Crippen LogP contribution in [0.2, 0.25) is 0 Å². The van der Waals surface area contributed by atoms with Crippen LogP contribution in [0.3, 0.4) is 0 Å². The molecule has 0 saturated heterocycles. The van der Waals surface area contributed by atoms with Gasteiger partial charge in [0, 0.05) is 0 Å². The summed E-state index contributed by atoms with van der Waals surface area (Å²) in [6.07, 6.45) is 2.37. The van der Waals surface area contributed by atoms with Gasteiger partial charge in [-0.3, -0.25) is 4.79 Å². The van der Waals surface area contributed by atoms with E-state index in [9.17, 15) is 9.59 Å². The summed E-state index contributed by atoms with van der Waals surface area (Å²) in [5.41, 5.74) is 0. The second-order valence-electron chi connectivity index (χ2n) is 3.01. The monoisotopic (exact) mass is 171 g/mol. The van der Waals surface area contributed by atoms with Gasteiger partial charge in [-0.15, -0.1) is 0 Å². The SMILES string of the molecule is O=[C]OC1CCC(C(=O)O)CC1. The van der Waals surface area contributed by atoms with Gasteiger partial charge in [-0.05, 0) is 25.7 Å². The lowest BCUT2D eigenvalue weighted by Crippen LogP contribution is -2.25. The van der Waals surface area contributed by atoms with E-state index in [1.807, 2.05) is 0 Å². The van der Waals surface area contributed by atoms with E-state index in [4.69, 9.17) is 5.11 Å². The highest BCUT2D eigenvalue weighted by molar-refractivity contribution is 5.70. The molecule has 67 valence electrons. The molecule has 4 nitrogen and oxygen atoms in total. The highest BCUT2D eigenvalue weighted by Gasteiger charge is 2.26. The first kappa shape index (κ1) is 9.03. The van der Waals surface area contributed by atoms with Crippen LogP contribution in [0.4, 0.5) is 0 Å². The fourth-order valence-electron chi connectivity index (χ4n) is 1.50. The van der Waals surface area contributed by atoms with Crippen molar-refractivity contribution in [2.24, 2.45) is 5.92 Å². The number of carboxylic acid groups (broad SMARTS) is 1. The van der Waals surface area contributed by atoms with Crippen molar-refractivity contribution < 1.29 is 19.4 Å². The summed E-state index contributed by atoms with van der Waals surface area (Å²) in [7, 11) is 0. The van der Waals surface area contributed by atoms with Crippen LogP contribution in [0.1, 0.15) is 25.7 Å². The molecule has 0 heterocycles. The minimum Gasteiger partial charge on any atom is -0.481 e. The van der Waals surface area contributed by atoms with E-state index >= 15 is 0 Å². The maximum atomic E-state index is 10.5. The summed E-state index contributed by atoms with van der Waals surface area (Å²) in [5.74, 6) is -1.000. The summed E-state index contributed by atoms with van der Waals surface area (Å²) >= 11 is 0. The Morgan fingerprint density at radius 1 is 1.33 bits per heavy atom. The van der Waals surface area contributed by atoms with Crippen LogP contribution in [0, 0.1) is 5.92 Å². The van der Waals surface area contributed by atoms with Crippen LogP contribution in [-0.4, -0.2) is 23.7 Å². The first-order valence-electron chi connectivity index (χ1n) is 3.99. The molecular formula is C8H11O4. The smallest absolute Gasteiger partial charge is 0.417 e. The third-order valence-corrected chi connectivity index (χ3v) is 2.24. The topological polar surface area (TPSA) is 63.6 Å². The first-order chi connectivity index (χ1) is 5.74. The van der Waals surface area contributed by atoms with Crippen molar-refractivity contribution in [3.05, 3.63) is 0 Å². The first-order valence-corrected chi connectivity index (χ1v) is 3.99. The molecule has 0 atom stereocenters. The average Bonchev–Trinajstić information content (AvgIpc) is 2.06. The van der Waals surface area contributed by atoms with Crippen molar-refractivity contribution in [2.45, 2.75) is 31.8 Å². The number of hydrogen-bond donors (Lipinski definition) is 1. The van der Waals surface area contributed by atoms with Crippen molar-refractivity contribution in [1.29, 1.82) is 0 Å². The number of aliphatic carboxylic acids is 1. The van der Waals surface area contributed by atoms with Crippen LogP contribution in [-0.2, 0) is 14.3 Å². The second-order valence-corrected chi connectivity index (χ2v) is 3.01. The molecule has 4 heteroatoms. The van der Waals surface area contributed by atoms with E-state index < -0.39 is 5.97 Å². The molecule has 1 fully saturated rings. The standard InChI is InChI=1S/C8H11O4/c9-5-12-7-3-1-6(2-4-7)8(10)11/h6-7H,1-4H2,(H,10,11). The van der Waals surface area contributed by atoms with Gasteiger partial charge in [-0.25, -0.2) is 4.79 Å². The van der Waals surface area contributed by atoms with Crippen LogP contribution in [0.5, 0.6) is 0 Å². The van der Waals surface area contributed by atoms with Crippen molar-refractivity contribution >= 4 is 12.4 Å². The lowest BCUT2D eigenvalue weighted by Gasteiger charge is -2.23. The largest absolute Gasteiger partial charge is 0.481 e. The highest BCUT2D eigenvalue weighted by Crippen LogP contribution is 2.25. The molecule has 12 heavy (non-hydrogen) atoms. The Morgan fingerprint density at radius 3 is 2.33 bits per heavy atom. The van der Waals surface area contributed by atoms with Gasteiger partial charge >= 0.3 is 12.4 Å². The van der Waals surface area contributed by atoms with Gasteiger partial charge in [0.2, 0.25) is 0 Å². The summed E-state index contributed by atoms with van der Waals surface area (Å²) in [6.45, 7) is 1.38. The average molecular weight is 171 g/mol. The summed E-state index contributed by atoms with van der Waals surface area (Å²) in [4.78, 5) is 20.3. The normalized spacial score (nSPS) is 29.3. The van der Waals surface area contributed by atoms with Gasteiger partial charge in [-0.1, -0.05) is 0 Å². The molecule has 1 N–H and O–H groups in total. The molecule has 0 aliphatic heterocycles. The van der Waals surface area contributed by atoms with E-state index in [2.05, 4.69) is 4.74 Å². The molecule has 1 saturated carbocycles. The molecule has 0 unspecified atom stereocenters. The number of carboxylic acids is 1. The van der Waals surface area contributed by atoms with Gasteiger partial charge in [-0.2, -0.15) is 0 Å². The van der Waals surface area contributed by atoms with Crippen LogP contribution in [0.15, 0.2) is 0 Å². The maximum Gasteiger partial charge on any atom is 0.417 e. The van der Waals surface area contributed by atoms with Crippen molar-refractivity contribution in [3.8, 4) is 0 Å². The fourth-order valence-corrected chi connectivity index (χ4v) is 1.50. The number of carbonyl (C=O) groups excluding carboxylic acids is 1. The Kier molecular flexibility index (Phi) is 3.08. The van der Waals surface area contributed by atoms with Crippen LogP contribution in [0.25, 0.3) is 0 Å². The quantitative estimate of drug-likeness (QED) is 0.679. The Bertz CT molecular complexity index is 170. The van der Waals surface area contributed by atoms with Gasteiger partial charge in [0.05, 0.1) is 5.92 Å². The third kappa shape index (κ3) is 2.22. The molecule has 0 aromatic rings. The number of hydrogen-bond acceptors (Lipinski definition) is 3. The molecule has 1 radical (unpaired) electrons. The predicted octanol–water partition coefficient (Wildman–Crippen LogP) is 0.714. The summed E-state index contributed by atoms with van der Waals surface area (Å²) < 4.78 is 4.61. The van der Waals surface area contributed by atoms with E-state index in [0.717, 1.165) is 0 Å². The predicted molar refractivity (Wildman–Crippen MR) is 40.2 cm³/mol. The van der Waals surface area contributed by atoms with Crippen LogP contribution < -0.4 is 0 Å². The lowest BCUT2D eigenvalue weighted by molar-refractivity contribution is -0.143. The van der Waals surface area contributed by atoms with Gasteiger partial charge in [0.15, 0.2) is 0 Å². The van der Waals surface area contributed by atoms with Crippen molar-refractivity contribution in [2.75, 3.05) is 0 Å². The molecule has 0 amide bonds. The summed E-state index contributed by atoms with van der Waals surface area (Å²) in [6, 6.07) is 0. The number of ether oxygens (including phenoxy) is 1. The Morgan fingerprint density at radius 2 is 1.92 bits per heavy atom. The zero-order chi connectivity index (χ0) is 8.97. The Labute approximate surface area is 70.5 Å². The maximum absolute atomic E-state index is 10.5. The van der Waals surface area contributed by atoms with Crippen molar-refractivity contribution in [1.82, 2.24) is 0 Å². The minimum absolute atomic E-state index is 0.113. The van der Waals surface area contributed by atoms with E-state index in [1.165, 1.54) is 6.47 Å². The van der Waals surface area contributed by atoms with Gasteiger partial charge in [0.25, 0.3) is 0 Å². The second kappa shape index (κ2) is 4.09. The molecule has 0 aromatic heterocycles. The molecule has 1 aliphatic carbocycles. The minimum atomic E-state index is -0.747. The fraction of sp³-hybridized carbons (Fsp3) is 0.750. The highest BCUT2D eigenvalue weighted by atomic mass is 16.5. The van der Waals surface area contributed by atoms with E-state index in [1.54, 1.807) is 0 Å². The molecule has 1 aliphatic rings. The van der Waals surface area contributed by atoms with E-state index in [-0.39, 0.29) is 12.0 Å². The number of rotatable bonds is 3. The van der Waals surface area contributed by atoms with Gasteiger partial charge in [0.1, 0.15) is 6.10 Å². The third-order valence-electron chi connectivity index (χ3n) is 2.24. The zero-order valence-corrected chi connectivity index (χ0v) is 6.66. The zero-order valence-electron chi connectivity index (χ0n) is 6.66. The molecule has 0 spiro atoms. The van der Waals surface area contributed by atoms with Crippen molar-refractivity contribution in [3.63, 3.8) is 0 Å². The Hall–Kier alpha value is -1.06. The molecule has 0 aromatic carbocycles. The lowest BCUT2D eigenvalue weighted by atomic mass is 9.87. The number of carbonyl (C=O) groups is 1. The van der Waals surface area contributed by atoms with Crippen LogP contribution >= 0.6 is 0 Å². The van der Waals surface area contributed by atoms with Gasteiger partial charge < -0.3 is 9.84 Å².